The van der Waals surface area contributed by atoms with Crippen LogP contribution in [-0.2, 0) is 13.6 Å². The maximum atomic E-state index is 10.7. The van der Waals surface area contributed by atoms with E-state index in [9.17, 15) is 4.57 Å². The summed E-state index contributed by atoms with van der Waals surface area (Å²) < 4.78 is 19.4. The standard InChI is InChI=1S/C6H15O4P.3Na.3H/c1-3-4-5-6-10-11(7,8)9-2;;;;;;/h3-6H2,1-2H3,(H,7,8);;;;;;/q;3*+1;3*-1. The first-order chi connectivity index (χ1) is 5.12. The van der Waals surface area contributed by atoms with E-state index >= 15 is 0 Å². The van der Waals surface area contributed by atoms with Crippen molar-refractivity contribution in [2.24, 2.45) is 0 Å². The molecular formula is C6H18Na3O4P. The van der Waals surface area contributed by atoms with Gasteiger partial charge in [-0.05, 0) is 6.42 Å². The molecular weight excluding hydrogens is 236 g/mol. The van der Waals surface area contributed by atoms with Gasteiger partial charge in [0.15, 0.2) is 0 Å². The zero-order chi connectivity index (χ0) is 8.74. The fraction of sp³-hybridized carbons (Fsp3) is 1.00. The van der Waals surface area contributed by atoms with Gasteiger partial charge in [0.25, 0.3) is 0 Å². The molecule has 0 aromatic carbocycles. The van der Waals surface area contributed by atoms with Crippen LogP contribution in [0.3, 0.4) is 0 Å². The van der Waals surface area contributed by atoms with E-state index in [0.29, 0.717) is 0 Å². The Balaban J connectivity index is -0.0000000333. The van der Waals surface area contributed by atoms with Crippen LogP contribution in [0, 0.1) is 0 Å². The van der Waals surface area contributed by atoms with E-state index in [4.69, 9.17) is 4.89 Å². The van der Waals surface area contributed by atoms with Gasteiger partial charge in [-0.2, -0.15) is 0 Å². The number of phosphoric ester groups is 1. The van der Waals surface area contributed by atoms with Crippen LogP contribution in [0.4, 0.5) is 0 Å². The first-order valence-electron chi connectivity index (χ1n) is 3.65. The van der Waals surface area contributed by atoms with Crippen molar-refractivity contribution >= 4 is 7.82 Å². The van der Waals surface area contributed by atoms with Crippen molar-refractivity contribution in [2.75, 3.05) is 13.7 Å². The fourth-order valence-electron chi connectivity index (χ4n) is 0.585. The van der Waals surface area contributed by atoms with Gasteiger partial charge in [-0.1, -0.05) is 19.8 Å². The van der Waals surface area contributed by atoms with Crippen LogP contribution >= 0.6 is 7.82 Å². The molecule has 1 atom stereocenters. The largest absolute Gasteiger partial charge is 1.00 e. The molecule has 0 aliphatic carbocycles. The number of phosphoric acid groups is 1. The number of unbranched alkanes of at least 4 members (excludes halogenated alkanes) is 2. The second-order valence-electron chi connectivity index (χ2n) is 2.19. The van der Waals surface area contributed by atoms with E-state index in [1.165, 1.54) is 0 Å². The number of rotatable bonds is 6. The van der Waals surface area contributed by atoms with Gasteiger partial charge in [0.2, 0.25) is 0 Å². The van der Waals surface area contributed by atoms with Gasteiger partial charge >= 0.3 is 96.5 Å². The zero-order valence-corrected chi connectivity index (χ0v) is 16.8. The minimum atomic E-state index is -3.71. The van der Waals surface area contributed by atoms with E-state index in [-0.39, 0.29) is 99.6 Å². The predicted molar refractivity (Wildman–Crippen MR) is 45.6 cm³/mol. The maximum Gasteiger partial charge on any atom is 1.00 e. The second-order valence-corrected chi connectivity index (χ2v) is 3.75. The molecule has 8 heteroatoms. The van der Waals surface area contributed by atoms with Gasteiger partial charge in [-0.15, -0.1) is 0 Å². The number of hydrogen-bond donors (Lipinski definition) is 1. The molecule has 0 fully saturated rings. The Morgan fingerprint density at radius 3 is 2.14 bits per heavy atom. The molecule has 0 radical (unpaired) electrons. The molecule has 0 rings (SSSR count). The molecule has 0 aliphatic heterocycles. The Hall–Kier alpha value is 3.11. The molecule has 14 heavy (non-hydrogen) atoms. The molecule has 0 saturated carbocycles. The van der Waals surface area contributed by atoms with Crippen LogP contribution in [0.15, 0.2) is 0 Å². The van der Waals surface area contributed by atoms with Gasteiger partial charge in [-0.25, -0.2) is 4.57 Å². The Labute approximate surface area is 157 Å². The van der Waals surface area contributed by atoms with Crippen molar-refractivity contribution in [2.45, 2.75) is 26.2 Å². The minimum Gasteiger partial charge on any atom is -1.00 e. The van der Waals surface area contributed by atoms with Crippen LogP contribution in [0.25, 0.3) is 0 Å². The van der Waals surface area contributed by atoms with Gasteiger partial charge < -0.3 is 9.17 Å². The SMILES string of the molecule is CCCCCOP(=O)(O)OC.[H-].[H-].[H-].[Na+].[Na+].[Na+]. The molecule has 0 aromatic heterocycles. The molecule has 4 nitrogen and oxygen atoms in total. The third-order valence-corrected chi connectivity index (χ3v) is 2.20. The van der Waals surface area contributed by atoms with Gasteiger partial charge in [0.05, 0.1) is 6.61 Å². The summed E-state index contributed by atoms with van der Waals surface area (Å²) in [5.41, 5.74) is 0. The summed E-state index contributed by atoms with van der Waals surface area (Å²) in [6.07, 6.45) is 2.86. The molecule has 74 valence electrons. The normalized spacial score (nSPS) is 12.8. The summed E-state index contributed by atoms with van der Waals surface area (Å²) in [5, 5.41) is 0. The van der Waals surface area contributed by atoms with Crippen LogP contribution in [0.1, 0.15) is 30.5 Å². The summed E-state index contributed by atoms with van der Waals surface area (Å²) in [4.78, 5) is 8.73. The molecule has 0 spiro atoms. The summed E-state index contributed by atoms with van der Waals surface area (Å²) in [6.45, 7) is 2.34. The van der Waals surface area contributed by atoms with E-state index in [1.54, 1.807) is 0 Å². The Morgan fingerprint density at radius 2 is 1.79 bits per heavy atom. The number of hydrogen-bond acceptors (Lipinski definition) is 3. The third kappa shape index (κ3) is 17.5. The molecule has 0 amide bonds. The van der Waals surface area contributed by atoms with Crippen molar-refractivity contribution in [3.63, 3.8) is 0 Å². The molecule has 1 N–H and O–H groups in total. The second kappa shape index (κ2) is 16.1. The predicted octanol–water partition coefficient (Wildman–Crippen LogP) is -6.71. The Kier molecular flexibility index (Phi) is 29.7. The Morgan fingerprint density at radius 1 is 1.29 bits per heavy atom. The van der Waals surface area contributed by atoms with Crippen molar-refractivity contribution in [3.8, 4) is 0 Å². The third-order valence-electron chi connectivity index (χ3n) is 1.23. The van der Waals surface area contributed by atoms with E-state index in [0.717, 1.165) is 26.4 Å². The van der Waals surface area contributed by atoms with E-state index < -0.39 is 7.82 Å². The summed E-state index contributed by atoms with van der Waals surface area (Å²) in [6, 6.07) is 0. The smallest absolute Gasteiger partial charge is 1.00 e. The van der Waals surface area contributed by atoms with Gasteiger partial charge in [-0.3, -0.25) is 9.05 Å². The summed E-state index contributed by atoms with van der Waals surface area (Å²) >= 11 is 0. The van der Waals surface area contributed by atoms with Crippen LogP contribution in [-0.4, -0.2) is 18.6 Å². The van der Waals surface area contributed by atoms with Crippen molar-refractivity contribution in [3.05, 3.63) is 0 Å². The first kappa shape index (κ1) is 25.8. The van der Waals surface area contributed by atoms with Crippen LogP contribution in [0.2, 0.25) is 0 Å². The summed E-state index contributed by atoms with van der Waals surface area (Å²) in [7, 11) is -2.56. The van der Waals surface area contributed by atoms with Gasteiger partial charge in [0.1, 0.15) is 0 Å². The quantitative estimate of drug-likeness (QED) is 0.291. The van der Waals surface area contributed by atoms with Crippen molar-refractivity contribution in [1.82, 2.24) is 0 Å². The topological polar surface area (TPSA) is 55.8 Å². The monoisotopic (exact) mass is 254 g/mol. The molecule has 0 saturated heterocycles. The van der Waals surface area contributed by atoms with Crippen molar-refractivity contribution in [1.29, 1.82) is 0 Å². The van der Waals surface area contributed by atoms with Gasteiger partial charge in [0, 0.05) is 7.11 Å². The minimum absolute atomic E-state index is 0. The zero-order valence-electron chi connectivity index (χ0n) is 12.9. The van der Waals surface area contributed by atoms with E-state index in [2.05, 4.69) is 16.0 Å². The summed E-state index contributed by atoms with van der Waals surface area (Å²) in [5.74, 6) is 0. The molecule has 1 unspecified atom stereocenters. The first-order valence-corrected chi connectivity index (χ1v) is 5.15. The molecule has 0 aromatic rings. The molecule has 0 aliphatic rings. The van der Waals surface area contributed by atoms with Crippen molar-refractivity contribution < 1.29 is 111 Å². The molecule has 0 heterocycles. The molecule has 0 bridgehead atoms. The van der Waals surface area contributed by atoms with Crippen LogP contribution < -0.4 is 88.7 Å². The fourth-order valence-corrected chi connectivity index (χ4v) is 1.05. The van der Waals surface area contributed by atoms with Crippen LogP contribution in [0.5, 0.6) is 0 Å². The average Bonchev–Trinajstić information content (AvgIpc) is 1.99. The Bertz CT molecular complexity index is 158. The van der Waals surface area contributed by atoms with E-state index in [1.807, 2.05) is 0 Å². The maximum absolute atomic E-state index is 10.7. The average molecular weight is 254 g/mol.